The monoisotopic (exact) mass is 517 g/mol. The van der Waals surface area contributed by atoms with Crippen LogP contribution < -0.4 is 33.2 Å². The van der Waals surface area contributed by atoms with Crippen LogP contribution in [0.5, 0.6) is 0 Å². The second-order valence-electron chi connectivity index (χ2n) is 8.64. The van der Waals surface area contributed by atoms with Crippen LogP contribution in [0, 0.1) is 0 Å². The number of fused-ring (bicyclic) bond motifs is 1. The molecule has 0 radical (unpaired) electrons. The van der Waals surface area contributed by atoms with E-state index in [9.17, 15) is 29.1 Å². The van der Waals surface area contributed by atoms with Crippen LogP contribution in [0.3, 0.4) is 0 Å². The Bertz CT molecular complexity index is 1100. The van der Waals surface area contributed by atoms with Crippen molar-refractivity contribution in [2.24, 2.45) is 17.2 Å². The molecule has 13 nitrogen and oxygen atoms in total. The largest absolute Gasteiger partial charge is 0.480 e. The molecule has 2 aromatic rings. The molecule has 3 unspecified atom stereocenters. The Balaban J connectivity index is 2.17. The second-order valence-corrected chi connectivity index (χ2v) is 8.64. The molecule has 0 saturated carbocycles. The number of carbonyl (C=O) groups is 5. The predicted octanol–water partition coefficient (Wildman–Crippen LogP) is -1.40. The van der Waals surface area contributed by atoms with E-state index in [1.54, 1.807) is 6.20 Å². The first-order valence-corrected chi connectivity index (χ1v) is 12.0. The summed E-state index contributed by atoms with van der Waals surface area (Å²) in [5, 5.41) is 18.0. The van der Waals surface area contributed by atoms with Gasteiger partial charge in [0.1, 0.15) is 18.1 Å². The van der Waals surface area contributed by atoms with Crippen molar-refractivity contribution in [1.82, 2.24) is 20.9 Å². The summed E-state index contributed by atoms with van der Waals surface area (Å²) >= 11 is 0. The third-order valence-corrected chi connectivity index (χ3v) is 5.81. The normalized spacial score (nSPS) is 13.4. The number of unbranched alkanes of at least 4 members (excludes halogenated alkanes) is 1. The summed E-state index contributed by atoms with van der Waals surface area (Å²) < 4.78 is 0. The van der Waals surface area contributed by atoms with Crippen molar-refractivity contribution < 1.29 is 29.1 Å². The molecule has 1 aromatic carbocycles. The third kappa shape index (κ3) is 9.20. The Kier molecular flexibility index (Phi) is 11.5. The molecule has 0 aliphatic carbocycles. The molecule has 0 aliphatic rings. The maximum atomic E-state index is 13.1. The summed E-state index contributed by atoms with van der Waals surface area (Å²) in [6.07, 6.45) is 2.65. The standard InChI is InChI=1S/C24H35N7O6/c25-10-4-3-7-17(29-21(33)12-26)22(34)30-18(8-9-20(27)32)23(35)31-19(24(36)37)11-14-13-28-16-6-2-1-5-15(14)16/h1-2,5-6,13,17-19,28H,3-4,7-12,25-26H2,(H2,27,32)(H,29,33)(H,30,34)(H,31,35)(H,36,37). The van der Waals surface area contributed by atoms with Crippen LogP contribution in [0.15, 0.2) is 30.5 Å². The number of hydrogen-bond acceptors (Lipinski definition) is 7. The molecular weight excluding hydrogens is 482 g/mol. The van der Waals surface area contributed by atoms with Gasteiger partial charge in [0.05, 0.1) is 6.54 Å². The number of carboxylic acids is 1. The lowest BCUT2D eigenvalue weighted by Gasteiger charge is -2.24. The smallest absolute Gasteiger partial charge is 0.326 e. The van der Waals surface area contributed by atoms with Crippen molar-refractivity contribution in [1.29, 1.82) is 0 Å². The average molecular weight is 518 g/mol. The molecule has 0 fully saturated rings. The molecule has 3 atom stereocenters. The highest BCUT2D eigenvalue weighted by atomic mass is 16.4. The zero-order valence-electron chi connectivity index (χ0n) is 20.5. The van der Waals surface area contributed by atoms with Crippen LogP contribution in [0.4, 0.5) is 0 Å². The molecule has 0 bridgehead atoms. The molecule has 13 heteroatoms. The van der Waals surface area contributed by atoms with Crippen molar-refractivity contribution >= 4 is 40.5 Å². The number of amides is 4. The molecule has 11 N–H and O–H groups in total. The van der Waals surface area contributed by atoms with E-state index in [1.807, 2.05) is 24.3 Å². The number of aromatic amines is 1. The SMILES string of the molecule is NCCCCC(NC(=O)CN)C(=O)NC(CCC(N)=O)C(=O)NC(Cc1c[nH]c2ccccc12)C(=O)O. The first kappa shape index (κ1) is 29.3. The van der Waals surface area contributed by atoms with Crippen molar-refractivity contribution in [3.63, 3.8) is 0 Å². The highest BCUT2D eigenvalue weighted by Crippen LogP contribution is 2.19. The lowest BCUT2D eigenvalue weighted by molar-refractivity contribution is -0.142. The molecular formula is C24H35N7O6. The maximum Gasteiger partial charge on any atom is 0.326 e. The number of carboxylic acid groups (broad SMARTS) is 1. The minimum absolute atomic E-state index is 0.0180. The van der Waals surface area contributed by atoms with E-state index in [0.717, 1.165) is 10.9 Å². The number of aliphatic carboxylic acids is 1. The number of benzene rings is 1. The topological polar surface area (TPSA) is 236 Å². The van der Waals surface area contributed by atoms with Crippen LogP contribution in [0.25, 0.3) is 10.9 Å². The van der Waals surface area contributed by atoms with Gasteiger partial charge < -0.3 is 43.2 Å². The van der Waals surface area contributed by atoms with Gasteiger partial charge in [-0.3, -0.25) is 19.2 Å². The van der Waals surface area contributed by atoms with Crippen molar-refractivity contribution in [2.75, 3.05) is 13.1 Å². The molecule has 1 heterocycles. The van der Waals surface area contributed by atoms with Crippen LogP contribution in [-0.2, 0) is 30.4 Å². The highest BCUT2D eigenvalue weighted by Gasteiger charge is 2.30. The van der Waals surface area contributed by atoms with Crippen molar-refractivity contribution in [3.05, 3.63) is 36.0 Å². The number of aromatic nitrogens is 1. The number of H-pyrrole nitrogens is 1. The first-order chi connectivity index (χ1) is 17.7. The minimum Gasteiger partial charge on any atom is -0.480 e. The fourth-order valence-electron chi connectivity index (χ4n) is 3.84. The molecule has 0 saturated heterocycles. The van der Waals surface area contributed by atoms with E-state index in [4.69, 9.17) is 17.2 Å². The Hall–Kier alpha value is -3.97. The predicted molar refractivity (Wildman–Crippen MR) is 136 cm³/mol. The van der Waals surface area contributed by atoms with Gasteiger partial charge >= 0.3 is 5.97 Å². The number of rotatable bonds is 16. The minimum atomic E-state index is -1.31. The summed E-state index contributed by atoms with van der Waals surface area (Å²) in [6.45, 7) is 0.0657. The molecule has 0 aliphatic heterocycles. The summed E-state index contributed by atoms with van der Waals surface area (Å²) in [4.78, 5) is 64.2. The van der Waals surface area contributed by atoms with Gasteiger partial charge in [-0.05, 0) is 43.9 Å². The van der Waals surface area contributed by atoms with Gasteiger partial charge in [-0.25, -0.2) is 4.79 Å². The lowest BCUT2D eigenvalue weighted by atomic mass is 10.0. The zero-order valence-corrected chi connectivity index (χ0v) is 20.5. The van der Waals surface area contributed by atoms with Gasteiger partial charge in [0.15, 0.2) is 0 Å². The number of primary amides is 1. The molecule has 2 rings (SSSR count). The Morgan fingerprint density at radius 2 is 1.54 bits per heavy atom. The number of hydrogen-bond donors (Lipinski definition) is 8. The zero-order chi connectivity index (χ0) is 27.4. The van der Waals surface area contributed by atoms with Gasteiger partial charge in [0.25, 0.3) is 0 Å². The summed E-state index contributed by atoms with van der Waals surface area (Å²) in [5.41, 5.74) is 17.6. The molecule has 202 valence electrons. The van der Waals surface area contributed by atoms with Crippen LogP contribution in [0.2, 0.25) is 0 Å². The second kappa shape index (κ2) is 14.6. The number of para-hydroxylation sites is 1. The number of nitrogens with one attached hydrogen (secondary N) is 4. The third-order valence-electron chi connectivity index (χ3n) is 5.81. The summed E-state index contributed by atoms with van der Waals surface area (Å²) in [7, 11) is 0. The molecule has 37 heavy (non-hydrogen) atoms. The Labute approximate surface area is 213 Å². The molecule has 4 amide bonds. The maximum absolute atomic E-state index is 13.1. The van der Waals surface area contributed by atoms with E-state index < -0.39 is 47.7 Å². The van der Waals surface area contributed by atoms with Gasteiger partial charge in [0.2, 0.25) is 23.6 Å². The molecule has 1 aromatic heterocycles. The summed E-state index contributed by atoms with van der Waals surface area (Å²) in [6, 6.07) is 3.76. The van der Waals surface area contributed by atoms with Crippen molar-refractivity contribution in [3.8, 4) is 0 Å². The average Bonchev–Trinajstić information content (AvgIpc) is 3.27. The van der Waals surface area contributed by atoms with Gasteiger partial charge in [-0.2, -0.15) is 0 Å². The van der Waals surface area contributed by atoms with Crippen molar-refractivity contribution in [2.45, 2.75) is 56.7 Å². The fourth-order valence-corrected chi connectivity index (χ4v) is 3.84. The first-order valence-electron chi connectivity index (χ1n) is 12.0. The van der Waals surface area contributed by atoms with E-state index >= 15 is 0 Å². The Morgan fingerprint density at radius 3 is 2.16 bits per heavy atom. The van der Waals surface area contributed by atoms with Crippen LogP contribution in [0.1, 0.15) is 37.7 Å². The van der Waals surface area contributed by atoms with Gasteiger partial charge in [-0.15, -0.1) is 0 Å². The van der Waals surface area contributed by atoms with Crippen LogP contribution in [-0.4, -0.2) is 70.9 Å². The number of nitrogens with two attached hydrogens (primary N) is 3. The number of carbonyl (C=O) groups excluding carboxylic acids is 4. The summed E-state index contributed by atoms with van der Waals surface area (Å²) in [5.74, 6) is -4.00. The van der Waals surface area contributed by atoms with Gasteiger partial charge in [-0.1, -0.05) is 18.2 Å². The quantitative estimate of drug-likeness (QED) is 0.123. The van der Waals surface area contributed by atoms with Gasteiger partial charge in [0, 0.05) is 29.9 Å². The van der Waals surface area contributed by atoms with E-state index in [0.29, 0.717) is 24.9 Å². The van der Waals surface area contributed by atoms with E-state index in [1.165, 1.54) is 0 Å². The lowest BCUT2D eigenvalue weighted by Crippen LogP contribution is -2.56. The molecule has 0 spiro atoms. The Morgan fingerprint density at radius 1 is 0.892 bits per heavy atom. The highest BCUT2D eigenvalue weighted by molar-refractivity contribution is 5.94. The van der Waals surface area contributed by atoms with E-state index in [-0.39, 0.29) is 32.2 Å². The fraction of sp³-hybridized carbons (Fsp3) is 0.458. The van der Waals surface area contributed by atoms with E-state index in [2.05, 4.69) is 20.9 Å². The van der Waals surface area contributed by atoms with Crippen LogP contribution >= 0.6 is 0 Å².